The molecule has 0 spiro atoms. The van der Waals surface area contributed by atoms with Crippen molar-refractivity contribution in [1.29, 1.82) is 0 Å². The summed E-state index contributed by atoms with van der Waals surface area (Å²) >= 11 is 0. The Hall–Kier alpha value is -1.64. The molecule has 0 saturated heterocycles. The Morgan fingerprint density at radius 2 is 1.92 bits per heavy atom. The summed E-state index contributed by atoms with van der Waals surface area (Å²) in [6, 6.07) is 6.40. The first-order valence-corrected chi connectivity index (χ1v) is 10.2. The number of hydrogen-bond donors (Lipinski definition) is 0. The fraction of sp³-hybridized carbons (Fsp3) is 0.652. The van der Waals surface area contributed by atoms with Crippen LogP contribution in [-0.4, -0.2) is 17.9 Å². The van der Waals surface area contributed by atoms with Gasteiger partial charge in [-0.15, -0.1) is 0 Å². The average Bonchev–Trinajstić information content (AvgIpc) is 2.60. The molecule has 3 heteroatoms. The molecule has 4 rings (SSSR count). The van der Waals surface area contributed by atoms with E-state index in [9.17, 15) is 9.59 Å². The number of rotatable bonds is 2. The number of aryl methyl sites for hydroxylation is 1. The van der Waals surface area contributed by atoms with Crippen LogP contribution in [0.1, 0.15) is 86.7 Å². The van der Waals surface area contributed by atoms with Gasteiger partial charge in [0.2, 0.25) is 0 Å². The molecule has 140 valence electrons. The average molecular weight is 354 g/mol. The van der Waals surface area contributed by atoms with E-state index < -0.39 is 0 Å². The molecule has 0 N–H and O–H groups in total. The molecular formula is C23H30O3. The monoisotopic (exact) mass is 354 g/mol. The van der Waals surface area contributed by atoms with Gasteiger partial charge in [-0.1, -0.05) is 19.1 Å². The van der Waals surface area contributed by atoms with Crippen LogP contribution in [0, 0.1) is 17.3 Å². The molecule has 0 heterocycles. The summed E-state index contributed by atoms with van der Waals surface area (Å²) in [5.41, 5.74) is 4.10. The number of Topliss-reactive ketones (excluding diaryl/α,β-unsaturated/α-hetero) is 1. The molecule has 26 heavy (non-hydrogen) atoms. The zero-order valence-electron chi connectivity index (χ0n) is 16.2. The van der Waals surface area contributed by atoms with Crippen molar-refractivity contribution in [3.8, 4) is 0 Å². The van der Waals surface area contributed by atoms with Crippen molar-refractivity contribution in [3.05, 3.63) is 34.9 Å². The van der Waals surface area contributed by atoms with E-state index in [1.165, 1.54) is 37.3 Å². The lowest BCUT2D eigenvalue weighted by Crippen LogP contribution is -2.49. The molecule has 5 atom stereocenters. The molecule has 0 aromatic heterocycles. The number of hydrogen-bond acceptors (Lipinski definition) is 3. The van der Waals surface area contributed by atoms with Gasteiger partial charge < -0.3 is 4.74 Å². The highest BCUT2D eigenvalue weighted by Crippen LogP contribution is 2.61. The Bertz CT molecular complexity index is 737. The Kier molecular flexibility index (Phi) is 4.45. The van der Waals surface area contributed by atoms with Crippen molar-refractivity contribution < 1.29 is 14.3 Å². The third-order valence-electron chi connectivity index (χ3n) is 7.65. The summed E-state index contributed by atoms with van der Waals surface area (Å²) in [7, 11) is 0. The van der Waals surface area contributed by atoms with Crippen molar-refractivity contribution in [1.82, 2.24) is 0 Å². The molecule has 1 aromatic rings. The largest absolute Gasteiger partial charge is 0.463 e. The molecule has 3 aliphatic carbocycles. The smallest absolute Gasteiger partial charge is 0.302 e. The Balaban J connectivity index is 1.58. The van der Waals surface area contributed by atoms with Gasteiger partial charge >= 0.3 is 5.97 Å². The minimum absolute atomic E-state index is 0.121. The summed E-state index contributed by atoms with van der Waals surface area (Å²) in [6.07, 6.45) is 8.10. The van der Waals surface area contributed by atoms with E-state index in [-0.39, 0.29) is 17.9 Å². The van der Waals surface area contributed by atoms with E-state index >= 15 is 0 Å². The second kappa shape index (κ2) is 6.51. The van der Waals surface area contributed by atoms with E-state index in [1.807, 2.05) is 6.07 Å². The summed E-state index contributed by atoms with van der Waals surface area (Å²) in [5, 5.41) is 0. The van der Waals surface area contributed by atoms with Gasteiger partial charge in [-0.05, 0) is 92.2 Å². The normalized spacial score (nSPS) is 35.7. The molecule has 0 bridgehead atoms. The van der Waals surface area contributed by atoms with Gasteiger partial charge in [0.15, 0.2) is 5.78 Å². The summed E-state index contributed by atoms with van der Waals surface area (Å²) in [4.78, 5) is 23.1. The molecule has 3 aliphatic rings. The van der Waals surface area contributed by atoms with Gasteiger partial charge in [0.05, 0.1) is 0 Å². The van der Waals surface area contributed by atoms with Crippen LogP contribution in [0.25, 0.3) is 0 Å². The number of carbonyl (C=O) groups excluding carboxylic acids is 2. The van der Waals surface area contributed by atoms with Gasteiger partial charge in [0.1, 0.15) is 6.10 Å². The van der Waals surface area contributed by atoms with Crippen molar-refractivity contribution in [2.45, 2.75) is 77.7 Å². The summed E-state index contributed by atoms with van der Waals surface area (Å²) in [6.45, 7) is 5.67. The third-order valence-corrected chi connectivity index (χ3v) is 7.65. The molecule has 0 aliphatic heterocycles. The first-order valence-electron chi connectivity index (χ1n) is 10.2. The minimum Gasteiger partial charge on any atom is -0.463 e. The Morgan fingerprint density at radius 1 is 1.12 bits per heavy atom. The van der Waals surface area contributed by atoms with Crippen LogP contribution < -0.4 is 0 Å². The summed E-state index contributed by atoms with van der Waals surface area (Å²) < 4.78 is 5.54. The maximum Gasteiger partial charge on any atom is 0.302 e. The number of fused-ring (bicyclic) bond motifs is 5. The van der Waals surface area contributed by atoms with Gasteiger partial charge in [-0.2, -0.15) is 0 Å². The standard InChI is InChI=1S/C23H30O3/c1-14(24)16-4-7-20-17(12-16)5-9-22-21(20)8-6-18-13-19(26-15(2)25)10-11-23(18,22)3/h4,7,12,18-19,21-22H,5-6,8-11,13H2,1-3H3/t18-,19-,21-,22-,23-/m0/s1. The van der Waals surface area contributed by atoms with E-state index in [1.54, 1.807) is 6.92 Å². The first-order chi connectivity index (χ1) is 12.4. The second-order valence-electron chi connectivity index (χ2n) is 9.01. The molecule has 2 saturated carbocycles. The van der Waals surface area contributed by atoms with E-state index in [0.717, 1.165) is 37.2 Å². The number of carbonyl (C=O) groups is 2. The van der Waals surface area contributed by atoms with E-state index in [0.29, 0.717) is 17.3 Å². The Labute approximate surface area is 156 Å². The lowest BCUT2D eigenvalue weighted by molar-refractivity contribution is -0.153. The predicted octanol–water partition coefficient (Wildman–Crippen LogP) is 5.07. The molecule has 0 unspecified atom stereocenters. The molecule has 3 nitrogen and oxygen atoms in total. The number of ketones is 1. The lowest BCUT2D eigenvalue weighted by atomic mass is 9.49. The van der Waals surface area contributed by atoms with Crippen LogP contribution in [0.4, 0.5) is 0 Å². The number of benzene rings is 1. The highest BCUT2D eigenvalue weighted by atomic mass is 16.5. The van der Waals surface area contributed by atoms with Crippen LogP contribution in [-0.2, 0) is 16.0 Å². The molecule has 2 fully saturated rings. The van der Waals surface area contributed by atoms with Crippen molar-refractivity contribution in [2.24, 2.45) is 17.3 Å². The van der Waals surface area contributed by atoms with Crippen molar-refractivity contribution in [3.63, 3.8) is 0 Å². The van der Waals surface area contributed by atoms with Crippen LogP contribution in [0.5, 0.6) is 0 Å². The predicted molar refractivity (Wildman–Crippen MR) is 101 cm³/mol. The zero-order chi connectivity index (χ0) is 18.5. The molecule has 0 radical (unpaired) electrons. The molecule has 0 amide bonds. The molecule has 1 aromatic carbocycles. The van der Waals surface area contributed by atoms with Crippen LogP contribution in [0.3, 0.4) is 0 Å². The highest BCUT2D eigenvalue weighted by molar-refractivity contribution is 5.94. The van der Waals surface area contributed by atoms with E-state index in [2.05, 4.69) is 19.1 Å². The lowest BCUT2D eigenvalue weighted by Gasteiger charge is -2.56. The van der Waals surface area contributed by atoms with Crippen LogP contribution >= 0.6 is 0 Å². The first kappa shape index (κ1) is 17.8. The SMILES string of the molecule is CC(=O)O[C@H]1CC[C@@]2(C)[C@@H](CC[C@H]3c4ccc(C(C)=O)cc4CC[C@@H]32)C1. The van der Waals surface area contributed by atoms with Gasteiger partial charge in [0, 0.05) is 12.5 Å². The van der Waals surface area contributed by atoms with Gasteiger partial charge in [0.25, 0.3) is 0 Å². The van der Waals surface area contributed by atoms with Crippen LogP contribution in [0.15, 0.2) is 18.2 Å². The highest BCUT2D eigenvalue weighted by Gasteiger charge is 2.52. The number of esters is 1. The van der Waals surface area contributed by atoms with Crippen molar-refractivity contribution >= 4 is 11.8 Å². The maximum absolute atomic E-state index is 11.7. The minimum atomic E-state index is -0.139. The fourth-order valence-corrected chi connectivity index (χ4v) is 6.32. The Morgan fingerprint density at radius 3 is 2.65 bits per heavy atom. The van der Waals surface area contributed by atoms with Gasteiger partial charge in [-0.25, -0.2) is 0 Å². The fourth-order valence-electron chi connectivity index (χ4n) is 6.32. The topological polar surface area (TPSA) is 43.4 Å². The number of ether oxygens (including phenoxy) is 1. The van der Waals surface area contributed by atoms with Crippen LogP contribution in [0.2, 0.25) is 0 Å². The summed E-state index contributed by atoms with van der Waals surface area (Å²) in [5.74, 6) is 2.04. The van der Waals surface area contributed by atoms with Crippen molar-refractivity contribution in [2.75, 3.05) is 0 Å². The second-order valence-corrected chi connectivity index (χ2v) is 9.01. The van der Waals surface area contributed by atoms with E-state index in [4.69, 9.17) is 4.74 Å². The maximum atomic E-state index is 11.7. The van der Waals surface area contributed by atoms with Gasteiger partial charge in [-0.3, -0.25) is 9.59 Å². The zero-order valence-corrected chi connectivity index (χ0v) is 16.2. The molecular weight excluding hydrogens is 324 g/mol. The quantitative estimate of drug-likeness (QED) is 0.550. The third kappa shape index (κ3) is 2.90.